The Labute approximate surface area is 224 Å². The Morgan fingerprint density at radius 3 is 2.16 bits per heavy atom. The van der Waals surface area contributed by atoms with Crippen molar-refractivity contribution in [2.45, 2.75) is 18.4 Å². The number of nitrogens with zero attached hydrogens (tertiary/aromatic N) is 1. The molecule has 5 aromatic rings. The van der Waals surface area contributed by atoms with Gasteiger partial charge in [0.2, 0.25) is 5.91 Å². The van der Waals surface area contributed by atoms with Gasteiger partial charge in [0.25, 0.3) is 0 Å². The Kier molecular flexibility index (Phi) is 6.58. The molecule has 1 aliphatic rings. The van der Waals surface area contributed by atoms with E-state index in [1.807, 2.05) is 78.9 Å². The molecule has 2 amide bonds. The number of nitrogens with one attached hydrogen (secondary N) is 2. The van der Waals surface area contributed by atoms with Crippen LogP contribution in [0.2, 0.25) is 0 Å². The Bertz CT molecular complexity index is 1540. The fourth-order valence-corrected chi connectivity index (χ4v) is 5.83. The Morgan fingerprint density at radius 2 is 1.45 bits per heavy atom. The minimum Gasteiger partial charge on any atom is -0.449 e. The van der Waals surface area contributed by atoms with Crippen LogP contribution >= 0.6 is 11.3 Å². The van der Waals surface area contributed by atoms with Crippen LogP contribution in [-0.2, 0) is 16.0 Å². The number of anilines is 1. The van der Waals surface area contributed by atoms with Crippen LogP contribution < -0.4 is 10.6 Å². The highest BCUT2D eigenvalue weighted by molar-refractivity contribution is 7.22. The first-order valence-corrected chi connectivity index (χ1v) is 13.3. The third kappa shape index (κ3) is 4.88. The summed E-state index contributed by atoms with van der Waals surface area (Å²) in [6, 6.07) is 32.8. The number of hydrogen-bond donors (Lipinski definition) is 2. The number of para-hydroxylation sites is 1. The third-order valence-corrected chi connectivity index (χ3v) is 7.71. The molecule has 1 aliphatic carbocycles. The van der Waals surface area contributed by atoms with Crippen molar-refractivity contribution in [3.05, 3.63) is 120 Å². The molecule has 4 aromatic carbocycles. The molecule has 1 atom stereocenters. The summed E-state index contributed by atoms with van der Waals surface area (Å²) in [6.07, 6.45) is -0.311. The Morgan fingerprint density at radius 1 is 0.816 bits per heavy atom. The molecule has 6 rings (SSSR count). The number of carbonyl (C=O) groups excluding carboxylic acids is 2. The molecular weight excluding hydrogens is 494 g/mol. The van der Waals surface area contributed by atoms with Crippen LogP contribution in [-0.4, -0.2) is 29.6 Å². The van der Waals surface area contributed by atoms with E-state index in [1.54, 1.807) is 0 Å². The molecule has 0 fully saturated rings. The van der Waals surface area contributed by atoms with Crippen molar-refractivity contribution in [1.29, 1.82) is 0 Å². The summed E-state index contributed by atoms with van der Waals surface area (Å²) < 4.78 is 6.69. The first-order chi connectivity index (χ1) is 18.7. The van der Waals surface area contributed by atoms with Crippen LogP contribution in [0.15, 0.2) is 103 Å². The first-order valence-electron chi connectivity index (χ1n) is 12.5. The molecule has 1 heterocycles. The van der Waals surface area contributed by atoms with Gasteiger partial charge in [-0.15, -0.1) is 0 Å². The second-order valence-corrected chi connectivity index (χ2v) is 10.2. The number of hydrogen-bond acceptors (Lipinski definition) is 5. The minimum atomic E-state index is -0.833. The number of rotatable bonds is 7. The van der Waals surface area contributed by atoms with E-state index < -0.39 is 12.1 Å². The molecular formula is C31H25N3O3S. The zero-order valence-electron chi connectivity index (χ0n) is 20.5. The van der Waals surface area contributed by atoms with Crippen LogP contribution in [0.25, 0.3) is 21.3 Å². The van der Waals surface area contributed by atoms with Gasteiger partial charge in [-0.2, -0.15) is 0 Å². The van der Waals surface area contributed by atoms with Crippen LogP contribution in [0.5, 0.6) is 0 Å². The molecule has 188 valence electrons. The highest BCUT2D eigenvalue weighted by Crippen LogP contribution is 2.44. The zero-order chi connectivity index (χ0) is 25.9. The number of carbonyl (C=O) groups is 2. The van der Waals surface area contributed by atoms with E-state index in [4.69, 9.17) is 4.74 Å². The summed E-state index contributed by atoms with van der Waals surface area (Å²) in [4.78, 5) is 30.8. The number of benzene rings is 4. The lowest BCUT2D eigenvalue weighted by Crippen LogP contribution is -2.45. The highest BCUT2D eigenvalue weighted by atomic mass is 32.1. The average Bonchev–Trinajstić information content (AvgIpc) is 3.50. The minimum absolute atomic E-state index is 0.0581. The van der Waals surface area contributed by atoms with Crippen molar-refractivity contribution in [2.75, 3.05) is 11.9 Å². The molecule has 0 aliphatic heterocycles. The maximum atomic E-state index is 13.3. The van der Waals surface area contributed by atoms with E-state index in [0.29, 0.717) is 11.6 Å². The quantitative estimate of drug-likeness (QED) is 0.261. The molecule has 6 nitrogen and oxygen atoms in total. The summed E-state index contributed by atoms with van der Waals surface area (Å²) in [5.74, 6) is -0.404. The summed E-state index contributed by atoms with van der Waals surface area (Å²) in [5.41, 5.74) is 6.34. The van der Waals surface area contributed by atoms with Crippen molar-refractivity contribution < 1.29 is 14.3 Å². The second-order valence-electron chi connectivity index (χ2n) is 9.19. The smallest absolute Gasteiger partial charge is 0.407 e. The molecule has 2 N–H and O–H groups in total. The van der Waals surface area contributed by atoms with E-state index in [1.165, 1.54) is 11.3 Å². The van der Waals surface area contributed by atoms with Gasteiger partial charge in [0, 0.05) is 12.3 Å². The number of thiazole rings is 1. The second kappa shape index (κ2) is 10.5. The van der Waals surface area contributed by atoms with Gasteiger partial charge in [-0.1, -0.05) is 102 Å². The van der Waals surface area contributed by atoms with Crippen molar-refractivity contribution in [3.63, 3.8) is 0 Å². The maximum absolute atomic E-state index is 13.3. The molecule has 0 bridgehead atoms. The summed E-state index contributed by atoms with van der Waals surface area (Å²) >= 11 is 1.40. The van der Waals surface area contributed by atoms with Gasteiger partial charge < -0.3 is 15.4 Å². The van der Waals surface area contributed by atoms with E-state index in [-0.39, 0.29) is 18.4 Å². The van der Waals surface area contributed by atoms with Gasteiger partial charge >= 0.3 is 6.09 Å². The largest absolute Gasteiger partial charge is 0.449 e. The van der Waals surface area contributed by atoms with Gasteiger partial charge in [-0.25, -0.2) is 9.78 Å². The first kappa shape index (κ1) is 23.9. The average molecular weight is 520 g/mol. The number of ether oxygens (including phenoxy) is 1. The number of alkyl carbamates (subject to hydrolysis) is 1. The van der Waals surface area contributed by atoms with Crippen LogP contribution in [0, 0.1) is 0 Å². The van der Waals surface area contributed by atoms with E-state index in [9.17, 15) is 9.59 Å². The van der Waals surface area contributed by atoms with Crippen LogP contribution in [0.3, 0.4) is 0 Å². The van der Waals surface area contributed by atoms with E-state index in [0.717, 1.165) is 38.0 Å². The highest BCUT2D eigenvalue weighted by Gasteiger charge is 2.30. The standard InChI is InChI=1S/C31H25N3O3S/c35-29(34-30-32-26-16-8-9-17-28(26)38-30)27(18-20-10-2-1-3-11-20)33-31(36)37-19-25-23-14-6-4-12-21(23)22-13-5-7-15-24(22)25/h1-17,25,27H,18-19H2,(H,33,36)(H,32,34,35)/t27-/m0/s1. The van der Waals surface area contributed by atoms with Gasteiger partial charge in [-0.3, -0.25) is 4.79 Å². The normalized spacial score (nSPS) is 12.9. The molecule has 1 aromatic heterocycles. The zero-order valence-corrected chi connectivity index (χ0v) is 21.3. The van der Waals surface area contributed by atoms with Gasteiger partial charge in [0.05, 0.1) is 10.2 Å². The molecule has 7 heteroatoms. The third-order valence-electron chi connectivity index (χ3n) is 6.76. The number of fused-ring (bicyclic) bond motifs is 4. The van der Waals surface area contributed by atoms with Gasteiger partial charge in [0.15, 0.2) is 5.13 Å². The summed E-state index contributed by atoms with van der Waals surface area (Å²) in [5, 5.41) is 6.16. The van der Waals surface area contributed by atoms with Gasteiger partial charge in [-0.05, 0) is 39.9 Å². The summed E-state index contributed by atoms with van der Waals surface area (Å²) in [7, 11) is 0. The molecule has 0 saturated heterocycles. The number of aromatic nitrogens is 1. The van der Waals surface area contributed by atoms with E-state index >= 15 is 0 Å². The van der Waals surface area contributed by atoms with Crippen LogP contribution in [0.4, 0.5) is 9.93 Å². The monoisotopic (exact) mass is 519 g/mol. The molecule has 38 heavy (non-hydrogen) atoms. The Hall–Kier alpha value is -4.49. The fourth-order valence-electron chi connectivity index (χ4n) is 4.96. The predicted molar refractivity (Wildman–Crippen MR) is 150 cm³/mol. The fraction of sp³-hybridized carbons (Fsp3) is 0.129. The van der Waals surface area contributed by atoms with Crippen molar-refractivity contribution >= 4 is 38.7 Å². The van der Waals surface area contributed by atoms with Gasteiger partial charge in [0.1, 0.15) is 12.6 Å². The molecule has 0 saturated carbocycles. The predicted octanol–water partition coefficient (Wildman–Crippen LogP) is 6.38. The lowest BCUT2D eigenvalue weighted by molar-refractivity contribution is -0.118. The lowest BCUT2D eigenvalue weighted by Gasteiger charge is -2.19. The van der Waals surface area contributed by atoms with Crippen molar-refractivity contribution in [3.8, 4) is 11.1 Å². The molecule has 0 unspecified atom stereocenters. The maximum Gasteiger partial charge on any atom is 0.407 e. The summed E-state index contributed by atoms with van der Waals surface area (Å²) in [6.45, 7) is 0.178. The van der Waals surface area contributed by atoms with Crippen LogP contribution in [0.1, 0.15) is 22.6 Å². The SMILES string of the molecule is O=C(N[C@@H](Cc1ccccc1)C(=O)Nc1nc2ccccc2s1)OCC1c2ccccc2-c2ccccc21. The van der Waals surface area contributed by atoms with Crippen molar-refractivity contribution in [2.24, 2.45) is 0 Å². The Balaban J connectivity index is 1.17. The number of amides is 2. The molecule has 0 radical (unpaired) electrons. The van der Waals surface area contributed by atoms with E-state index in [2.05, 4.69) is 39.9 Å². The topological polar surface area (TPSA) is 80.3 Å². The van der Waals surface area contributed by atoms with Crippen molar-refractivity contribution in [1.82, 2.24) is 10.3 Å². The molecule has 0 spiro atoms. The lowest BCUT2D eigenvalue weighted by atomic mass is 9.98.